The number of halogens is 6. The number of ether oxygens (including phenoxy) is 2. The minimum atomic E-state index is -0.871. The summed E-state index contributed by atoms with van der Waals surface area (Å²) in [5, 5.41) is 11.4. The van der Waals surface area contributed by atoms with E-state index in [1.54, 1.807) is 72.1 Å². The summed E-state index contributed by atoms with van der Waals surface area (Å²) in [6.07, 6.45) is 14.4. The molecule has 0 unspecified atom stereocenters. The van der Waals surface area contributed by atoms with Crippen molar-refractivity contribution in [1.29, 1.82) is 0 Å². The molecule has 5 heterocycles. The van der Waals surface area contributed by atoms with Gasteiger partial charge in [-0.3, -0.25) is 29.1 Å². The molecule has 4 amide bonds. The van der Waals surface area contributed by atoms with E-state index in [2.05, 4.69) is 98.1 Å². The van der Waals surface area contributed by atoms with Crippen molar-refractivity contribution in [3.05, 3.63) is 235 Å². The molecule has 31 heteroatoms. The first-order valence-electron chi connectivity index (χ1n) is 29.8. The van der Waals surface area contributed by atoms with Crippen LogP contribution in [0.5, 0.6) is 11.5 Å². The van der Waals surface area contributed by atoms with E-state index in [1.165, 1.54) is 61.3 Å². The molecule has 2 saturated carbocycles. The van der Waals surface area contributed by atoms with Gasteiger partial charge in [0.25, 0.3) is 33.9 Å². The van der Waals surface area contributed by atoms with E-state index < -0.39 is 34.5 Å². The van der Waals surface area contributed by atoms with Crippen LogP contribution in [0.1, 0.15) is 77.8 Å². The number of rotatable bonds is 12. The molecule has 1 spiro atoms. The molecule has 11 rings (SSSR count). The summed E-state index contributed by atoms with van der Waals surface area (Å²) in [5.74, 6) is -0.847. The fourth-order valence-corrected chi connectivity index (χ4v) is 10.7. The molecule has 3 aliphatic rings. The predicted octanol–water partition coefficient (Wildman–Crippen LogP) is 12.9. The van der Waals surface area contributed by atoms with Crippen LogP contribution in [-0.4, -0.2) is 107 Å². The molecular weight excluding hydrogens is 1690 g/mol. The molecule has 4 N–H and O–H groups in total. The van der Waals surface area contributed by atoms with E-state index >= 15 is 0 Å². The van der Waals surface area contributed by atoms with Gasteiger partial charge < -0.3 is 75.0 Å². The maximum atomic E-state index is 14.6. The van der Waals surface area contributed by atoms with Crippen LogP contribution in [0.15, 0.2) is 171 Å². The number of benzene rings is 4. The molecule has 0 bridgehead atoms. The Morgan fingerprint density at radius 1 is 0.696 bits per heavy atom. The van der Waals surface area contributed by atoms with E-state index in [1.807, 2.05) is 123 Å². The van der Waals surface area contributed by atoms with Gasteiger partial charge in [-0.2, -0.15) is 13.5 Å². The summed E-state index contributed by atoms with van der Waals surface area (Å²) in [6, 6.07) is 38.4. The molecule has 0 atom stereocenters. The quantitative estimate of drug-likeness (QED) is 0.0296. The Morgan fingerprint density at radius 3 is 1.60 bits per heavy atom. The fourth-order valence-electron chi connectivity index (χ4n) is 9.80. The zero-order chi connectivity index (χ0) is 71.7. The number of para-hydroxylation sites is 2. The van der Waals surface area contributed by atoms with E-state index in [-0.39, 0.29) is 79.1 Å². The number of aromatic nitrogens is 4. The molecule has 102 heavy (non-hydrogen) atoms. The number of hydrogen-bond acceptors (Lipinski definition) is 15. The van der Waals surface area contributed by atoms with Crippen molar-refractivity contribution in [2.24, 2.45) is 0 Å². The van der Waals surface area contributed by atoms with Crippen LogP contribution >= 0.6 is 102 Å². The number of nitrogens with one attached hydrogen (secondary N) is 4. The van der Waals surface area contributed by atoms with Gasteiger partial charge >= 0.3 is 54.6 Å². The van der Waals surface area contributed by atoms with Crippen molar-refractivity contribution in [3.63, 3.8) is 0 Å². The summed E-state index contributed by atoms with van der Waals surface area (Å²) in [7, 11) is 11.5. The maximum absolute atomic E-state index is 14.6. The Hall–Kier alpha value is -7.76. The Bertz CT molecular complexity index is 4230. The number of aryl methyl sites for hydroxylation is 2. The second-order valence-electron chi connectivity index (χ2n) is 22.0. The van der Waals surface area contributed by atoms with Gasteiger partial charge in [0, 0.05) is 102 Å². The number of nitrogens with zero attached hydrogens (tertiary/aromatic N) is 10. The fraction of sp³-hybridized carbons (Fsp3) is 0.239. The molecule has 4 aromatic carbocycles. The molecule has 8 aromatic rings. The minimum absolute atomic E-state index is 0. The number of anilines is 6. The van der Waals surface area contributed by atoms with Crippen molar-refractivity contribution in [2.75, 3.05) is 72.5 Å². The molecule has 3 fully saturated rings. The predicted molar refractivity (Wildman–Crippen MR) is 430 cm³/mol. The first-order chi connectivity index (χ1) is 46.9. The third-order valence-electron chi connectivity index (χ3n) is 15.2. The Kier molecular flexibility index (Phi) is 39.0. The average Bonchev–Trinajstić information content (AvgIpc) is 1.55. The number of thiocarbonyl (C=S) groups is 3. The van der Waals surface area contributed by atoms with Crippen molar-refractivity contribution < 1.29 is 63.9 Å². The van der Waals surface area contributed by atoms with Crippen molar-refractivity contribution in [2.45, 2.75) is 70.9 Å². The summed E-state index contributed by atoms with van der Waals surface area (Å²) in [5.41, 5.74) is 3.59. The van der Waals surface area contributed by atoms with E-state index in [0.29, 0.717) is 85.8 Å². The Balaban J connectivity index is 0.000000452. The van der Waals surface area contributed by atoms with Crippen LogP contribution in [0, 0.1) is 46.1 Å². The molecule has 0 radical (unpaired) electrons. The summed E-state index contributed by atoms with van der Waals surface area (Å²) < 4.78 is 41.1. The number of hydrogen-bond donors (Lipinski definition) is 4. The Labute approximate surface area is 658 Å². The van der Waals surface area contributed by atoms with E-state index in [9.17, 15) is 28.0 Å². The molecule has 20 nitrogen and oxygen atoms in total. The Morgan fingerprint density at radius 2 is 1.18 bits per heavy atom. The number of pyridine rings is 4. The van der Waals surface area contributed by atoms with Crippen LogP contribution < -0.4 is 67.3 Å². The van der Waals surface area contributed by atoms with Crippen molar-refractivity contribution in [3.8, 4) is 11.5 Å². The van der Waals surface area contributed by atoms with Gasteiger partial charge in [-0.25, -0.2) is 8.78 Å². The molecule has 4 aromatic heterocycles. The second-order valence-corrected chi connectivity index (χ2v) is 35.4. The normalized spacial score (nSPS) is 12.5. The van der Waals surface area contributed by atoms with E-state index in [4.69, 9.17) is 58.7 Å². The summed E-state index contributed by atoms with van der Waals surface area (Å²) >= 11 is 25.5. The van der Waals surface area contributed by atoms with Gasteiger partial charge in [0.05, 0.1) is 22.5 Å². The molecule has 539 valence electrons. The van der Waals surface area contributed by atoms with Crippen molar-refractivity contribution >= 4 is 186 Å². The molecule has 1 saturated heterocycles. The van der Waals surface area contributed by atoms with Crippen LogP contribution in [0.2, 0.25) is 0 Å². The van der Waals surface area contributed by atoms with Crippen LogP contribution in [-0.2, 0) is 19.1 Å². The third-order valence-corrected chi connectivity index (χ3v) is 16.0. The molecular formula is C71H77Cl2F2I2N14O6S4V-. The number of carbonyl (C=O) groups is 4. The molecule has 2 aliphatic carbocycles. The van der Waals surface area contributed by atoms with Gasteiger partial charge in [0.1, 0.15) is 46.6 Å². The van der Waals surface area contributed by atoms with Crippen LogP contribution in [0.3, 0.4) is 0 Å². The second kappa shape index (κ2) is 44.0. The first kappa shape index (κ1) is 90.3. The average molecular weight is 1760 g/mol. The van der Waals surface area contributed by atoms with Crippen molar-refractivity contribution in [1.82, 2.24) is 25.6 Å². The first-order valence-corrected chi connectivity index (χ1v) is 40.4. The van der Waals surface area contributed by atoms with Gasteiger partial charge in [-0.15, -0.1) is 14.5 Å². The van der Waals surface area contributed by atoms with Crippen LogP contribution in [0.4, 0.5) is 54.5 Å². The van der Waals surface area contributed by atoms with E-state index in [0.717, 1.165) is 24.3 Å². The molecule has 1 aliphatic heterocycles. The van der Waals surface area contributed by atoms with Gasteiger partial charge in [0.15, 0.2) is 17.5 Å². The SMILES string of the molecule is C.CN(C)c1cc[n+](C(=S)Oc2ccccc2)cc1.CN(C)c1ccncc1.S.S=C(Cl)Oc1ccccc1.[C-]#[N+]c1ncc(N2C(=O)C3(CCC3)N(c3ccc(C(=O)NC)c(F)c3)C2=S)cc1C.[C-]#[N+]c1ncc(NC(=O)C2(Nc3ccc(C(=O)NC)c(F)c3)CCC2)cc1C.[CH3-].[Cl-].[I][V][I]. The van der Waals surface area contributed by atoms with Gasteiger partial charge in [0.2, 0.25) is 5.91 Å². The summed E-state index contributed by atoms with van der Waals surface area (Å²) in [6.45, 7) is 17.7. The summed E-state index contributed by atoms with van der Waals surface area (Å²) in [4.78, 5) is 75.6. The standard InChI is InChI=1S/C21H18FN5O2S.C20H20FN5O2.C14H15N2OS.C7H5ClOS.C7H10N2.CH4.CH3.ClH.2HI.H2S.V/c1-12-9-14(11-25-17(12)23-2)26-19(29)21(7-4-8-21)27(20(26)30)13-5-6-15(16(22)10-13)18(28)24-3;1-12-9-14(11-24-17(12)22-2)25-19(28)20(7-4-8-20)26-13-5-6-15(16(21)10-13)18(27)23-3;1-15(2)12-8-10-16(11-9-12)14(18)17-13-6-4-3-5-7-13;8-7(10)9-6-4-2-1-3-5-6;1-9(2)7-3-5-8-6-4-7;;;;;;;/h5-6,9-11H,4,7-8H2,1,3H3,(H,24,28);5-6,9-11,26H,4,7-8H2,1,3H3,(H,23,27)(H,25,28);3-11H,1-2H3;1-5H;3-6H,1-2H3;1H4;1H3;3*1H;1H2;/q;;+1;;;;-1;;;;;+2/p-3. The van der Waals surface area contributed by atoms with Gasteiger partial charge in [-0.05, 0) is 184 Å². The monoisotopic (exact) mass is 1760 g/mol. The number of carbonyl (C=O) groups excluding carboxylic acids is 4. The zero-order valence-electron chi connectivity index (χ0n) is 56.3. The topological polar surface area (TPSA) is 199 Å². The third kappa shape index (κ3) is 24.4. The van der Waals surface area contributed by atoms with Gasteiger partial charge in [-0.1, -0.05) is 57.0 Å². The van der Waals surface area contributed by atoms with Crippen LogP contribution in [0.25, 0.3) is 9.69 Å². The number of amides is 4. The zero-order valence-corrected chi connectivity index (χ0v) is 66.9.